The van der Waals surface area contributed by atoms with Crippen LogP contribution in [0.4, 0.5) is 0 Å². The molecule has 5 heteroatoms. The summed E-state index contributed by atoms with van der Waals surface area (Å²) in [5, 5.41) is 9.33. The number of fused-ring (bicyclic) bond motifs is 3. The second kappa shape index (κ2) is 3.79. The van der Waals surface area contributed by atoms with Crippen LogP contribution in [0.15, 0.2) is 0 Å². The Hall–Kier alpha value is 0.270. The smallest absolute Gasteiger partial charge is 0.332 e. The number of aliphatic hydroxyl groups excluding tert-OH is 1. The third-order valence-corrected chi connectivity index (χ3v) is 3.78. The third-order valence-electron chi connectivity index (χ3n) is 2.68. The van der Waals surface area contributed by atoms with Crippen LogP contribution in [0.2, 0.25) is 0 Å². The molecule has 0 aromatic carbocycles. The fourth-order valence-electron chi connectivity index (χ4n) is 1.72. The average molecular weight is 206 g/mol. The molecule has 2 bridgehead atoms. The largest absolute Gasteiger partial charge is 0.396 e. The second-order valence-electron chi connectivity index (χ2n) is 3.67. The minimum Gasteiger partial charge on any atom is -0.396 e. The van der Waals surface area contributed by atoms with E-state index in [1.807, 2.05) is 0 Å². The van der Waals surface area contributed by atoms with Crippen molar-refractivity contribution in [1.82, 2.24) is 0 Å². The van der Waals surface area contributed by atoms with E-state index in [4.69, 9.17) is 13.6 Å². The Labute approximate surface area is 79.2 Å². The molecule has 1 atom stereocenters. The second-order valence-corrected chi connectivity index (χ2v) is 4.85. The van der Waals surface area contributed by atoms with Crippen molar-refractivity contribution in [2.24, 2.45) is 5.41 Å². The molecular weight excluding hydrogens is 191 g/mol. The average Bonchev–Trinajstić information content (AvgIpc) is 2.20. The normalized spacial score (nSPS) is 43.8. The maximum Gasteiger partial charge on any atom is 0.332 e. The van der Waals surface area contributed by atoms with E-state index < -0.39 is 8.60 Å². The predicted octanol–water partition coefficient (Wildman–Crippen LogP) is 1.44. The molecule has 4 nitrogen and oxygen atoms in total. The van der Waals surface area contributed by atoms with Gasteiger partial charge in [0.1, 0.15) is 0 Å². The first kappa shape index (κ1) is 9.81. The Morgan fingerprint density at radius 2 is 2.15 bits per heavy atom. The van der Waals surface area contributed by atoms with Gasteiger partial charge in [0.2, 0.25) is 0 Å². The van der Waals surface area contributed by atoms with Gasteiger partial charge in [0.15, 0.2) is 0 Å². The first-order chi connectivity index (χ1) is 6.30. The molecule has 1 N–H and O–H groups in total. The maximum absolute atomic E-state index is 9.33. The lowest BCUT2D eigenvalue weighted by molar-refractivity contribution is -0.143. The van der Waals surface area contributed by atoms with E-state index in [0.29, 0.717) is 13.2 Å². The van der Waals surface area contributed by atoms with Crippen molar-refractivity contribution < 1.29 is 18.7 Å². The summed E-state index contributed by atoms with van der Waals surface area (Å²) >= 11 is 0. The monoisotopic (exact) mass is 206 g/mol. The summed E-state index contributed by atoms with van der Waals surface area (Å²) in [6.45, 7) is 3.37. The minimum atomic E-state index is -1.10. The van der Waals surface area contributed by atoms with Crippen LogP contribution in [0, 0.1) is 5.41 Å². The van der Waals surface area contributed by atoms with Crippen LogP contribution < -0.4 is 0 Å². The summed E-state index contributed by atoms with van der Waals surface area (Å²) < 4.78 is 16.2. The van der Waals surface area contributed by atoms with E-state index in [0.717, 1.165) is 12.8 Å². The van der Waals surface area contributed by atoms with Crippen LogP contribution >= 0.6 is 8.60 Å². The van der Waals surface area contributed by atoms with Crippen LogP contribution in [-0.2, 0) is 13.6 Å². The Morgan fingerprint density at radius 1 is 1.46 bits per heavy atom. The molecule has 0 spiro atoms. The summed E-state index contributed by atoms with van der Waals surface area (Å²) in [5.41, 5.74) is -0.299. The summed E-state index contributed by atoms with van der Waals surface area (Å²) in [6.07, 6.45) is 2.16. The quantitative estimate of drug-likeness (QED) is 0.710. The summed E-state index contributed by atoms with van der Waals surface area (Å²) in [5.74, 6) is 0. The van der Waals surface area contributed by atoms with Gasteiger partial charge in [-0.25, -0.2) is 0 Å². The molecule has 1 unspecified atom stereocenters. The van der Waals surface area contributed by atoms with Crippen LogP contribution in [-0.4, -0.2) is 31.0 Å². The fraction of sp³-hybridized carbons (Fsp3) is 1.00. The Balaban J connectivity index is 2.08. The van der Waals surface area contributed by atoms with Crippen molar-refractivity contribution in [2.75, 3.05) is 19.8 Å². The van der Waals surface area contributed by atoms with Crippen molar-refractivity contribution >= 4 is 8.60 Å². The first-order valence-corrected chi connectivity index (χ1v) is 5.74. The molecule has 3 aliphatic heterocycles. The van der Waals surface area contributed by atoms with E-state index in [1.165, 1.54) is 0 Å². The van der Waals surface area contributed by atoms with Crippen molar-refractivity contribution in [2.45, 2.75) is 25.9 Å². The number of aliphatic hydroxyl groups is 1. The van der Waals surface area contributed by atoms with Gasteiger partial charge in [0, 0.05) is 0 Å². The summed E-state index contributed by atoms with van der Waals surface area (Å²) in [7, 11) is -1.10. The standard InChI is InChI=1S/C8H15O4P/c1-2-3-7-8(4-9)5-10-13(12-7)11-6-8/h7,9H,2-6H2,1H3. The zero-order valence-electron chi connectivity index (χ0n) is 7.73. The molecule has 0 aliphatic carbocycles. The summed E-state index contributed by atoms with van der Waals surface area (Å²) in [4.78, 5) is 0. The van der Waals surface area contributed by atoms with Crippen LogP contribution in [0.1, 0.15) is 19.8 Å². The van der Waals surface area contributed by atoms with Crippen LogP contribution in [0.5, 0.6) is 0 Å². The van der Waals surface area contributed by atoms with Crippen molar-refractivity contribution in [3.05, 3.63) is 0 Å². The fourth-order valence-corrected chi connectivity index (χ4v) is 3.18. The summed E-state index contributed by atoms with van der Waals surface area (Å²) in [6, 6.07) is 0. The first-order valence-electron chi connectivity index (χ1n) is 4.64. The third kappa shape index (κ3) is 1.62. The molecule has 0 amide bonds. The van der Waals surface area contributed by atoms with Gasteiger partial charge in [-0.2, -0.15) is 0 Å². The van der Waals surface area contributed by atoms with Crippen LogP contribution in [0.25, 0.3) is 0 Å². The topological polar surface area (TPSA) is 47.9 Å². The number of hydrogen-bond donors (Lipinski definition) is 1. The lowest BCUT2D eigenvalue weighted by Gasteiger charge is -2.48. The lowest BCUT2D eigenvalue weighted by Crippen LogP contribution is -2.52. The van der Waals surface area contributed by atoms with Gasteiger partial charge < -0.3 is 18.7 Å². The Bertz CT molecular complexity index is 179. The zero-order chi connectivity index (χ0) is 9.31. The van der Waals surface area contributed by atoms with Gasteiger partial charge in [-0.3, -0.25) is 0 Å². The van der Waals surface area contributed by atoms with Crippen LogP contribution in [0.3, 0.4) is 0 Å². The highest BCUT2D eigenvalue weighted by Gasteiger charge is 2.51. The Kier molecular flexibility index (Phi) is 2.86. The Morgan fingerprint density at radius 3 is 2.69 bits per heavy atom. The molecular formula is C8H15O4P. The van der Waals surface area contributed by atoms with Crippen molar-refractivity contribution in [3.63, 3.8) is 0 Å². The maximum atomic E-state index is 9.33. The highest BCUT2D eigenvalue weighted by atomic mass is 31.2. The van der Waals surface area contributed by atoms with Crippen molar-refractivity contribution in [3.8, 4) is 0 Å². The SMILES string of the molecule is CCCC1OP2OCC1(CO)CO2. The molecule has 3 rings (SSSR count). The van der Waals surface area contributed by atoms with Gasteiger partial charge in [-0.15, -0.1) is 0 Å². The minimum absolute atomic E-state index is 0.0842. The number of rotatable bonds is 3. The molecule has 0 saturated carbocycles. The number of hydrogen-bond acceptors (Lipinski definition) is 4. The van der Waals surface area contributed by atoms with E-state index in [2.05, 4.69) is 6.92 Å². The van der Waals surface area contributed by atoms with Gasteiger partial charge in [0.05, 0.1) is 31.3 Å². The highest BCUT2D eigenvalue weighted by molar-refractivity contribution is 7.41. The molecule has 3 aliphatic rings. The van der Waals surface area contributed by atoms with Gasteiger partial charge in [0.25, 0.3) is 0 Å². The van der Waals surface area contributed by atoms with E-state index in [9.17, 15) is 5.11 Å². The molecule has 13 heavy (non-hydrogen) atoms. The van der Waals surface area contributed by atoms with E-state index >= 15 is 0 Å². The lowest BCUT2D eigenvalue weighted by atomic mass is 9.82. The van der Waals surface area contributed by atoms with Gasteiger partial charge in [-0.05, 0) is 6.42 Å². The van der Waals surface area contributed by atoms with E-state index in [-0.39, 0.29) is 18.1 Å². The predicted molar refractivity (Wildman–Crippen MR) is 48.1 cm³/mol. The molecule has 76 valence electrons. The van der Waals surface area contributed by atoms with Gasteiger partial charge >= 0.3 is 8.60 Å². The van der Waals surface area contributed by atoms with E-state index in [1.54, 1.807) is 0 Å². The molecule has 0 aromatic heterocycles. The molecule has 3 fully saturated rings. The molecule has 3 saturated heterocycles. The highest BCUT2D eigenvalue weighted by Crippen LogP contribution is 2.57. The van der Waals surface area contributed by atoms with Gasteiger partial charge in [-0.1, -0.05) is 13.3 Å². The molecule has 0 aromatic rings. The zero-order valence-corrected chi connectivity index (χ0v) is 8.63. The molecule has 0 radical (unpaired) electrons. The van der Waals surface area contributed by atoms with Crippen molar-refractivity contribution in [1.29, 1.82) is 0 Å². The molecule has 3 heterocycles.